The summed E-state index contributed by atoms with van der Waals surface area (Å²) >= 11 is 4.14. The van der Waals surface area contributed by atoms with Crippen molar-refractivity contribution in [1.82, 2.24) is 10.2 Å². The van der Waals surface area contributed by atoms with Crippen molar-refractivity contribution >= 4 is 67.8 Å². The molecule has 1 aliphatic heterocycles. The molecule has 1 fully saturated rings. The predicted octanol–water partition coefficient (Wildman–Crippen LogP) is 6.69. The molecule has 1 amide bonds. The van der Waals surface area contributed by atoms with E-state index in [-0.39, 0.29) is 16.5 Å². The van der Waals surface area contributed by atoms with Crippen LogP contribution in [0.4, 0.5) is 5.13 Å². The molecule has 0 bridgehead atoms. The second-order valence-electron chi connectivity index (χ2n) is 9.03. The number of amides is 1. The number of anilines is 1. The highest BCUT2D eigenvalue weighted by Gasteiger charge is 2.48. The Morgan fingerprint density at radius 3 is 2.56 bits per heavy atom. The van der Waals surface area contributed by atoms with Crippen molar-refractivity contribution in [1.29, 1.82) is 0 Å². The number of hydrogen-bond donors (Lipinski definition) is 1. The van der Waals surface area contributed by atoms with Crippen LogP contribution in [-0.2, 0) is 15.3 Å². The Labute approximate surface area is 247 Å². The molecule has 3 heterocycles. The standard InChI is InChI=1S/C30H23N3O5S3/c1-37-21-13-12-18(15-22(21)38-2)26(34)24-25(23-11-6-14-39-23)33(28(36)27(24)35)29-31-32-30(41-29)40-16-19-9-5-8-17-7-3-4-10-20(17)19/h3-15,25,34H,16H2,1-2H3. The van der Waals surface area contributed by atoms with Gasteiger partial charge < -0.3 is 14.6 Å². The largest absolute Gasteiger partial charge is 0.507 e. The summed E-state index contributed by atoms with van der Waals surface area (Å²) in [6.07, 6.45) is 0. The van der Waals surface area contributed by atoms with E-state index in [2.05, 4.69) is 34.5 Å². The van der Waals surface area contributed by atoms with Crippen LogP contribution in [0, 0.1) is 0 Å². The van der Waals surface area contributed by atoms with E-state index in [9.17, 15) is 14.7 Å². The minimum absolute atomic E-state index is 0.0233. The Morgan fingerprint density at radius 2 is 1.78 bits per heavy atom. The Hall–Kier alpha value is -4.19. The van der Waals surface area contributed by atoms with Crippen molar-refractivity contribution in [3.05, 3.63) is 99.8 Å². The van der Waals surface area contributed by atoms with Crippen LogP contribution in [0.25, 0.3) is 16.5 Å². The second-order valence-corrected chi connectivity index (χ2v) is 12.2. The molecule has 6 rings (SSSR count). The maximum atomic E-state index is 13.4. The quantitative estimate of drug-likeness (QED) is 0.0690. The van der Waals surface area contributed by atoms with Gasteiger partial charge in [0.25, 0.3) is 5.78 Å². The zero-order valence-electron chi connectivity index (χ0n) is 21.9. The van der Waals surface area contributed by atoms with Crippen LogP contribution in [0.15, 0.2) is 88.1 Å². The molecular formula is C30H23N3O5S3. The number of benzene rings is 3. The summed E-state index contributed by atoms with van der Waals surface area (Å²) in [5.41, 5.74) is 1.47. The average molecular weight is 602 g/mol. The van der Waals surface area contributed by atoms with Crippen molar-refractivity contribution in [2.75, 3.05) is 19.1 Å². The molecule has 0 spiro atoms. The Balaban J connectivity index is 1.35. The number of hydrogen-bond acceptors (Lipinski definition) is 10. The van der Waals surface area contributed by atoms with Crippen molar-refractivity contribution in [3.8, 4) is 11.5 Å². The normalized spacial score (nSPS) is 16.4. The molecule has 41 heavy (non-hydrogen) atoms. The van der Waals surface area contributed by atoms with Gasteiger partial charge in [0.15, 0.2) is 15.8 Å². The van der Waals surface area contributed by atoms with E-state index in [0.717, 1.165) is 5.39 Å². The molecule has 5 aromatic rings. The SMILES string of the molecule is COc1ccc(C(O)=C2C(=O)C(=O)N(c3nnc(SCc4cccc5ccccc45)s3)C2c2cccs2)cc1OC. The van der Waals surface area contributed by atoms with Gasteiger partial charge in [-0.25, -0.2) is 0 Å². The third-order valence-electron chi connectivity index (χ3n) is 6.75. The molecule has 1 aliphatic rings. The Morgan fingerprint density at radius 1 is 0.976 bits per heavy atom. The lowest BCUT2D eigenvalue weighted by Crippen LogP contribution is -2.29. The summed E-state index contributed by atoms with van der Waals surface area (Å²) in [5.74, 6) is -0.344. The number of fused-ring (bicyclic) bond motifs is 1. The summed E-state index contributed by atoms with van der Waals surface area (Å²) in [7, 11) is 2.99. The number of ketones is 1. The second kappa shape index (κ2) is 11.4. The van der Waals surface area contributed by atoms with Crippen LogP contribution in [0.1, 0.15) is 22.0 Å². The van der Waals surface area contributed by atoms with E-state index >= 15 is 0 Å². The van der Waals surface area contributed by atoms with Crippen LogP contribution in [0.3, 0.4) is 0 Å². The number of carbonyl (C=O) groups is 2. The van der Waals surface area contributed by atoms with Gasteiger partial charge in [-0.3, -0.25) is 14.5 Å². The molecule has 3 aromatic carbocycles. The van der Waals surface area contributed by atoms with Crippen LogP contribution in [0.5, 0.6) is 11.5 Å². The van der Waals surface area contributed by atoms with Gasteiger partial charge in [0.05, 0.1) is 19.8 Å². The first kappa shape index (κ1) is 27.0. The third kappa shape index (κ3) is 4.96. The number of ether oxygens (including phenoxy) is 2. The molecule has 1 N–H and O–H groups in total. The van der Waals surface area contributed by atoms with Gasteiger partial charge in [0.2, 0.25) is 5.13 Å². The smallest absolute Gasteiger partial charge is 0.301 e. The number of rotatable bonds is 8. The van der Waals surface area contributed by atoms with E-state index in [1.54, 1.807) is 18.2 Å². The molecule has 11 heteroatoms. The van der Waals surface area contributed by atoms with Crippen molar-refractivity contribution < 1.29 is 24.2 Å². The van der Waals surface area contributed by atoms with E-state index in [1.807, 2.05) is 35.7 Å². The zero-order valence-corrected chi connectivity index (χ0v) is 24.4. The number of thioether (sulfide) groups is 1. The van der Waals surface area contributed by atoms with E-state index < -0.39 is 17.7 Å². The van der Waals surface area contributed by atoms with E-state index in [4.69, 9.17) is 9.47 Å². The fourth-order valence-corrected chi connectivity index (χ4v) is 7.50. The zero-order chi connectivity index (χ0) is 28.5. The first-order valence-corrected chi connectivity index (χ1v) is 15.2. The highest BCUT2D eigenvalue weighted by Crippen LogP contribution is 2.45. The number of thiophene rings is 1. The summed E-state index contributed by atoms with van der Waals surface area (Å²) < 4.78 is 11.3. The van der Waals surface area contributed by atoms with Crippen LogP contribution >= 0.6 is 34.4 Å². The Kier molecular flexibility index (Phi) is 7.48. The highest BCUT2D eigenvalue weighted by atomic mass is 32.2. The molecule has 0 aliphatic carbocycles. The number of aliphatic hydroxyl groups excluding tert-OH is 1. The lowest BCUT2D eigenvalue weighted by atomic mass is 9.99. The molecular weight excluding hydrogens is 579 g/mol. The first-order valence-electron chi connectivity index (χ1n) is 12.5. The maximum Gasteiger partial charge on any atom is 0.301 e. The summed E-state index contributed by atoms with van der Waals surface area (Å²) in [6, 6.07) is 22.0. The van der Waals surface area contributed by atoms with E-state index in [1.165, 1.54) is 64.5 Å². The number of nitrogens with zero attached hydrogens (tertiary/aromatic N) is 3. The lowest BCUT2D eigenvalue weighted by Gasteiger charge is -2.21. The third-order valence-corrected chi connectivity index (χ3v) is 9.78. The number of carbonyl (C=O) groups excluding carboxylic acids is 2. The molecule has 1 saturated heterocycles. The summed E-state index contributed by atoms with van der Waals surface area (Å²) in [4.78, 5) is 28.9. The van der Waals surface area contributed by atoms with Gasteiger partial charge in [-0.2, -0.15) is 0 Å². The average Bonchev–Trinajstić information content (AvgIpc) is 3.76. The highest BCUT2D eigenvalue weighted by molar-refractivity contribution is 8.00. The van der Waals surface area contributed by atoms with Crippen molar-refractivity contribution in [2.45, 2.75) is 16.1 Å². The molecule has 0 saturated carbocycles. The lowest BCUT2D eigenvalue weighted by molar-refractivity contribution is -0.132. The topological polar surface area (TPSA) is 102 Å². The first-order chi connectivity index (χ1) is 20.0. The van der Waals surface area contributed by atoms with Gasteiger partial charge in [-0.15, -0.1) is 21.5 Å². The van der Waals surface area contributed by atoms with Crippen LogP contribution in [-0.4, -0.2) is 41.2 Å². The van der Waals surface area contributed by atoms with Gasteiger partial charge in [-0.1, -0.05) is 71.6 Å². The number of aromatic nitrogens is 2. The molecule has 1 atom stereocenters. The van der Waals surface area contributed by atoms with Crippen molar-refractivity contribution in [3.63, 3.8) is 0 Å². The van der Waals surface area contributed by atoms with Gasteiger partial charge in [0, 0.05) is 16.2 Å². The number of methoxy groups -OCH3 is 2. The molecule has 206 valence electrons. The fourth-order valence-electron chi connectivity index (χ4n) is 4.80. The Bertz CT molecular complexity index is 1790. The predicted molar refractivity (Wildman–Crippen MR) is 162 cm³/mol. The van der Waals surface area contributed by atoms with Crippen LogP contribution in [0.2, 0.25) is 0 Å². The monoisotopic (exact) mass is 601 g/mol. The number of Topliss-reactive ketones (excluding diaryl/α,β-unsaturated/α-hetero) is 1. The minimum atomic E-state index is -0.855. The molecule has 1 unspecified atom stereocenters. The van der Waals surface area contributed by atoms with Gasteiger partial charge in [0.1, 0.15) is 11.8 Å². The summed E-state index contributed by atoms with van der Waals surface area (Å²) in [6.45, 7) is 0. The van der Waals surface area contributed by atoms with Gasteiger partial charge >= 0.3 is 5.91 Å². The van der Waals surface area contributed by atoms with Crippen molar-refractivity contribution in [2.24, 2.45) is 0 Å². The minimum Gasteiger partial charge on any atom is -0.507 e. The summed E-state index contributed by atoms with van der Waals surface area (Å²) in [5, 5.41) is 24.5. The molecule has 2 aromatic heterocycles. The molecule has 8 nitrogen and oxygen atoms in total. The fraction of sp³-hybridized carbons (Fsp3) is 0.133. The maximum absolute atomic E-state index is 13.4. The van der Waals surface area contributed by atoms with Crippen LogP contribution < -0.4 is 14.4 Å². The van der Waals surface area contributed by atoms with Gasteiger partial charge in [-0.05, 0) is 46.0 Å². The molecule has 0 radical (unpaired) electrons. The number of aliphatic hydroxyl groups is 1. The van der Waals surface area contributed by atoms with E-state index in [0.29, 0.717) is 32.0 Å².